The van der Waals surface area contributed by atoms with E-state index in [0.29, 0.717) is 23.0 Å². The number of amides is 1. The van der Waals surface area contributed by atoms with Crippen molar-refractivity contribution in [3.63, 3.8) is 0 Å². The number of rotatable bonds is 5. The Morgan fingerprint density at radius 1 is 1.08 bits per heavy atom. The van der Waals surface area contributed by atoms with Crippen molar-refractivity contribution in [3.05, 3.63) is 53.1 Å². The van der Waals surface area contributed by atoms with E-state index in [-0.39, 0.29) is 0 Å². The van der Waals surface area contributed by atoms with Crippen LogP contribution in [0.5, 0.6) is 5.75 Å². The molecule has 0 spiro atoms. The predicted octanol–water partition coefficient (Wildman–Crippen LogP) is 5.31. The van der Waals surface area contributed by atoms with Gasteiger partial charge in [0.05, 0.1) is 18.5 Å². The maximum atomic E-state index is 12.0. The molecule has 25 heavy (non-hydrogen) atoms. The van der Waals surface area contributed by atoms with Gasteiger partial charge in [0.15, 0.2) is 0 Å². The molecule has 0 unspecified atom stereocenters. The van der Waals surface area contributed by atoms with E-state index >= 15 is 0 Å². The number of methoxy groups -OCH3 is 1. The van der Waals surface area contributed by atoms with Crippen molar-refractivity contribution >= 4 is 29.1 Å². The summed E-state index contributed by atoms with van der Waals surface area (Å²) in [4.78, 5) is 12.0. The van der Waals surface area contributed by atoms with Gasteiger partial charge in [0.25, 0.3) is 0 Å². The first kappa shape index (κ1) is 18.9. The third-order valence-electron chi connectivity index (χ3n) is 3.26. The average Bonchev–Trinajstić information content (AvgIpc) is 2.53. The Morgan fingerprint density at radius 2 is 1.76 bits per heavy atom. The van der Waals surface area contributed by atoms with Gasteiger partial charge in [-0.25, -0.2) is 4.79 Å². The first-order valence-electron chi connectivity index (χ1n) is 7.93. The molecule has 0 saturated heterocycles. The van der Waals surface area contributed by atoms with Crippen LogP contribution in [0.1, 0.15) is 26.3 Å². The highest BCUT2D eigenvalue weighted by atomic mass is 35.5. The monoisotopic (exact) mass is 362 g/mol. The van der Waals surface area contributed by atoms with Crippen molar-refractivity contribution in [1.29, 1.82) is 0 Å². The third kappa shape index (κ3) is 6.19. The van der Waals surface area contributed by atoms with E-state index in [1.54, 1.807) is 19.2 Å². The Balaban J connectivity index is 2.13. The number of carbonyl (C=O) groups is 1. The highest BCUT2D eigenvalue weighted by molar-refractivity contribution is 6.30. The van der Waals surface area contributed by atoms with Crippen molar-refractivity contribution in [2.75, 3.05) is 17.7 Å². The van der Waals surface area contributed by atoms with E-state index in [4.69, 9.17) is 21.1 Å². The van der Waals surface area contributed by atoms with Crippen LogP contribution in [0.15, 0.2) is 42.5 Å². The van der Waals surface area contributed by atoms with E-state index in [1.807, 2.05) is 51.1 Å². The van der Waals surface area contributed by atoms with Crippen LogP contribution in [-0.4, -0.2) is 18.8 Å². The number of anilines is 2. The van der Waals surface area contributed by atoms with E-state index in [9.17, 15) is 4.79 Å². The molecule has 6 heteroatoms. The standard InChI is InChI=1S/C19H23ClN2O3/c1-19(2,3)25-18(23)22-16-10-9-15(24-4)11-17(16)21-12-13-5-7-14(20)8-6-13/h5-11,21H,12H2,1-4H3,(H,22,23). The lowest BCUT2D eigenvalue weighted by Crippen LogP contribution is -2.27. The molecule has 2 rings (SSSR count). The molecule has 2 aromatic carbocycles. The molecule has 2 N–H and O–H groups in total. The molecule has 134 valence electrons. The Hall–Kier alpha value is -2.40. The SMILES string of the molecule is COc1ccc(NC(=O)OC(C)(C)C)c(NCc2ccc(Cl)cc2)c1. The second kappa shape index (κ2) is 8.12. The molecule has 1 amide bonds. The van der Waals surface area contributed by atoms with Gasteiger partial charge in [-0.1, -0.05) is 23.7 Å². The van der Waals surface area contributed by atoms with Gasteiger partial charge in [-0.15, -0.1) is 0 Å². The van der Waals surface area contributed by atoms with Crippen LogP contribution >= 0.6 is 11.6 Å². The average molecular weight is 363 g/mol. The number of hydrogen-bond acceptors (Lipinski definition) is 4. The highest BCUT2D eigenvalue weighted by Gasteiger charge is 2.17. The fourth-order valence-corrected chi connectivity index (χ4v) is 2.24. The predicted molar refractivity (Wildman–Crippen MR) is 102 cm³/mol. The van der Waals surface area contributed by atoms with Crippen molar-refractivity contribution < 1.29 is 14.3 Å². The van der Waals surface area contributed by atoms with Crippen LogP contribution in [0, 0.1) is 0 Å². The Kier molecular flexibility index (Phi) is 6.15. The number of hydrogen-bond donors (Lipinski definition) is 2. The molecule has 2 aromatic rings. The number of ether oxygens (including phenoxy) is 2. The summed E-state index contributed by atoms with van der Waals surface area (Å²) in [5, 5.41) is 6.75. The summed E-state index contributed by atoms with van der Waals surface area (Å²) in [5.74, 6) is 0.688. The summed E-state index contributed by atoms with van der Waals surface area (Å²) in [6.45, 7) is 6.04. The van der Waals surface area contributed by atoms with Crippen LogP contribution in [0.25, 0.3) is 0 Å². The van der Waals surface area contributed by atoms with Crippen molar-refractivity contribution in [1.82, 2.24) is 0 Å². The minimum Gasteiger partial charge on any atom is -0.497 e. The fourth-order valence-electron chi connectivity index (χ4n) is 2.12. The highest BCUT2D eigenvalue weighted by Crippen LogP contribution is 2.28. The molecule has 0 aliphatic rings. The molecule has 0 atom stereocenters. The molecular formula is C19H23ClN2O3. The molecule has 0 fully saturated rings. The van der Waals surface area contributed by atoms with Crippen molar-refractivity contribution in [2.24, 2.45) is 0 Å². The first-order valence-corrected chi connectivity index (χ1v) is 8.31. The van der Waals surface area contributed by atoms with Gasteiger partial charge in [-0.05, 0) is 50.6 Å². The van der Waals surface area contributed by atoms with Crippen LogP contribution in [0.3, 0.4) is 0 Å². The lowest BCUT2D eigenvalue weighted by atomic mass is 10.2. The second-order valence-corrected chi connectivity index (χ2v) is 6.95. The van der Waals surface area contributed by atoms with Crippen LogP contribution in [-0.2, 0) is 11.3 Å². The van der Waals surface area contributed by atoms with Gasteiger partial charge in [-0.2, -0.15) is 0 Å². The normalized spacial score (nSPS) is 10.9. The van der Waals surface area contributed by atoms with Gasteiger partial charge >= 0.3 is 6.09 Å². The van der Waals surface area contributed by atoms with Gasteiger partial charge in [-0.3, -0.25) is 5.32 Å². The third-order valence-corrected chi connectivity index (χ3v) is 3.51. The number of nitrogens with one attached hydrogen (secondary N) is 2. The van der Waals surface area contributed by atoms with Crippen LogP contribution < -0.4 is 15.4 Å². The summed E-state index contributed by atoms with van der Waals surface area (Å²) in [6.07, 6.45) is -0.507. The number of halogens is 1. The molecule has 5 nitrogen and oxygen atoms in total. The lowest BCUT2D eigenvalue weighted by molar-refractivity contribution is 0.0636. The molecule has 0 aliphatic heterocycles. The lowest BCUT2D eigenvalue weighted by Gasteiger charge is -2.21. The van der Waals surface area contributed by atoms with E-state index < -0.39 is 11.7 Å². The first-order chi connectivity index (χ1) is 11.8. The molecule has 0 aromatic heterocycles. The Labute approximate surface area is 153 Å². The van der Waals surface area contributed by atoms with E-state index in [2.05, 4.69) is 10.6 Å². The summed E-state index contributed by atoms with van der Waals surface area (Å²) >= 11 is 5.91. The second-order valence-electron chi connectivity index (χ2n) is 6.52. The van der Waals surface area contributed by atoms with Gasteiger partial charge in [0, 0.05) is 17.6 Å². The van der Waals surface area contributed by atoms with E-state index in [1.165, 1.54) is 0 Å². The zero-order valence-corrected chi connectivity index (χ0v) is 15.6. The van der Waals surface area contributed by atoms with E-state index in [0.717, 1.165) is 11.3 Å². The zero-order valence-electron chi connectivity index (χ0n) is 14.9. The van der Waals surface area contributed by atoms with Crippen molar-refractivity contribution in [3.8, 4) is 5.75 Å². The quantitative estimate of drug-likeness (QED) is 0.756. The number of benzene rings is 2. The maximum Gasteiger partial charge on any atom is 0.412 e. The summed E-state index contributed by atoms with van der Waals surface area (Å²) in [7, 11) is 1.60. The van der Waals surface area contributed by atoms with Crippen LogP contribution in [0.4, 0.5) is 16.2 Å². The fraction of sp³-hybridized carbons (Fsp3) is 0.316. The largest absolute Gasteiger partial charge is 0.497 e. The van der Waals surface area contributed by atoms with Crippen molar-refractivity contribution in [2.45, 2.75) is 32.9 Å². The number of carbonyl (C=O) groups excluding carboxylic acids is 1. The topological polar surface area (TPSA) is 59.6 Å². The van der Waals surface area contributed by atoms with Gasteiger partial charge in [0.2, 0.25) is 0 Å². The summed E-state index contributed by atoms with van der Waals surface area (Å²) in [6, 6.07) is 12.9. The molecule has 0 aliphatic carbocycles. The van der Waals surface area contributed by atoms with Gasteiger partial charge < -0.3 is 14.8 Å². The summed E-state index contributed by atoms with van der Waals surface area (Å²) < 4.78 is 10.6. The smallest absolute Gasteiger partial charge is 0.412 e. The Bertz CT molecular complexity index is 724. The van der Waals surface area contributed by atoms with Crippen LogP contribution in [0.2, 0.25) is 5.02 Å². The Morgan fingerprint density at radius 3 is 2.36 bits per heavy atom. The molecule has 0 radical (unpaired) electrons. The minimum atomic E-state index is -0.562. The molecule has 0 bridgehead atoms. The molecular weight excluding hydrogens is 340 g/mol. The maximum absolute atomic E-state index is 12.0. The molecule has 0 saturated carbocycles. The van der Waals surface area contributed by atoms with Gasteiger partial charge in [0.1, 0.15) is 11.4 Å². The molecule has 0 heterocycles. The zero-order chi connectivity index (χ0) is 18.4. The summed E-state index contributed by atoms with van der Waals surface area (Å²) in [5.41, 5.74) is 1.85. The minimum absolute atomic E-state index is 0.507.